The van der Waals surface area contributed by atoms with Gasteiger partial charge in [0.25, 0.3) is 11.8 Å². The van der Waals surface area contributed by atoms with Crippen molar-refractivity contribution in [3.8, 4) is 29.4 Å². The quantitative estimate of drug-likeness (QED) is 0.173. The highest BCUT2D eigenvalue weighted by molar-refractivity contribution is 6.03. The monoisotopic (exact) mass is 618 g/mol. The van der Waals surface area contributed by atoms with Gasteiger partial charge in [-0.25, -0.2) is 9.37 Å². The first-order chi connectivity index (χ1) is 21.7. The van der Waals surface area contributed by atoms with E-state index in [2.05, 4.69) is 16.2 Å². The minimum atomic E-state index is -1.12. The van der Waals surface area contributed by atoms with E-state index < -0.39 is 17.5 Å². The molecule has 1 aliphatic heterocycles. The number of unbranched alkanes of at least 4 members (excludes halogenated alkanes) is 4. The van der Waals surface area contributed by atoms with Gasteiger partial charge in [-0.3, -0.25) is 14.4 Å². The van der Waals surface area contributed by atoms with Crippen LogP contribution in [-0.2, 0) is 18.3 Å². The molecule has 4 rings (SSSR count). The third-order valence-electron chi connectivity index (χ3n) is 8.44. The number of nitrogens with zero attached hydrogens (tertiary/aromatic N) is 3. The lowest BCUT2D eigenvalue weighted by molar-refractivity contribution is -0.124. The van der Waals surface area contributed by atoms with E-state index in [4.69, 9.17) is 11.2 Å². The number of likely N-dealkylation sites (tertiary alicyclic amines) is 1. The molecule has 0 unspecified atom stereocenters. The average Bonchev–Trinajstić information content (AvgIpc) is 3.44. The van der Waals surface area contributed by atoms with E-state index in [0.29, 0.717) is 50.0 Å². The number of anilines is 1. The topological polar surface area (TPSA) is 93.5 Å². The van der Waals surface area contributed by atoms with Crippen LogP contribution in [0.2, 0.25) is 0 Å². The maximum Gasteiger partial charge on any atom is 0.291 e. The number of carbonyl (C=O) groups excluding carboxylic acids is 3. The molecule has 1 aliphatic rings. The van der Waals surface area contributed by atoms with Crippen molar-refractivity contribution in [2.24, 2.45) is 13.0 Å². The fourth-order valence-electron chi connectivity index (χ4n) is 5.78. The van der Waals surface area contributed by atoms with Crippen molar-refractivity contribution in [1.82, 2.24) is 14.5 Å². The van der Waals surface area contributed by atoms with Gasteiger partial charge in [-0.1, -0.05) is 19.8 Å². The third-order valence-corrected chi connectivity index (χ3v) is 8.44. The Kier molecular flexibility index (Phi) is 11.5. The van der Waals surface area contributed by atoms with Gasteiger partial charge in [0, 0.05) is 55.7 Å². The summed E-state index contributed by atoms with van der Waals surface area (Å²) < 4.78 is 35.2. The molecule has 0 aliphatic carbocycles. The predicted molar refractivity (Wildman–Crippen MR) is 169 cm³/mol. The number of hydrogen-bond acceptors (Lipinski definition) is 5. The number of aryl methyl sites for hydroxylation is 1. The average molecular weight is 619 g/mol. The molecule has 8 nitrogen and oxygen atoms in total. The standard InChI is InChI=1S/C35H40F2N4O4/c1-5-7-8-9-10-11-12-29(42)24-17-19-41(20-18-24)35(44)26-14-13-25(21-23(26)6-2)39-34(43)33-38-22-28(40(33)3)27-15-16-30(45-4)32(37)31(27)36/h1,13-16,21-22,24H,6-12,17-20H2,2-4H3,(H,39,43). The Bertz CT molecular complexity index is 1580. The van der Waals surface area contributed by atoms with Gasteiger partial charge in [0.1, 0.15) is 5.78 Å². The Hall–Kier alpha value is -4.52. The number of ketones is 1. The van der Waals surface area contributed by atoms with Crippen LogP contribution in [0.1, 0.15) is 84.8 Å². The van der Waals surface area contributed by atoms with E-state index in [1.54, 1.807) is 23.1 Å². The van der Waals surface area contributed by atoms with Gasteiger partial charge in [-0.2, -0.15) is 4.39 Å². The Morgan fingerprint density at radius 1 is 1.07 bits per heavy atom. The highest BCUT2D eigenvalue weighted by Gasteiger charge is 2.28. The molecular weight excluding hydrogens is 578 g/mol. The fourth-order valence-corrected chi connectivity index (χ4v) is 5.78. The second-order valence-corrected chi connectivity index (χ2v) is 11.3. The number of hydrogen-bond donors (Lipinski definition) is 1. The largest absolute Gasteiger partial charge is 0.494 e. The molecule has 0 radical (unpaired) electrons. The maximum atomic E-state index is 14.7. The summed E-state index contributed by atoms with van der Waals surface area (Å²) in [5.41, 5.74) is 1.97. The second-order valence-electron chi connectivity index (χ2n) is 11.3. The molecule has 0 saturated carbocycles. The SMILES string of the molecule is C#CCCCCCCC(=O)C1CCN(C(=O)c2ccc(NC(=O)c3ncc(-c4ccc(OC)c(F)c4F)n3C)cc2CC)CC1. The zero-order valence-electron chi connectivity index (χ0n) is 26.1. The van der Waals surface area contributed by atoms with Crippen LogP contribution in [0.4, 0.5) is 14.5 Å². The zero-order valence-corrected chi connectivity index (χ0v) is 26.1. The first-order valence-corrected chi connectivity index (χ1v) is 15.4. The van der Waals surface area contributed by atoms with Gasteiger partial charge in [-0.05, 0) is 68.0 Å². The van der Waals surface area contributed by atoms with Gasteiger partial charge >= 0.3 is 0 Å². The van der Waals surface area contributed by atoms with Crippen LogP contribution in [0, 0.1) is 29.9 Å². The van der Waals surface area contributed by atoms with Crippen LogP contribution in [0.25, 0.3) is 11.3 Å². The lowest BCUT2D eigenvalue weighted by Gasteiger charge is -2.32. The first-order valence-electron chi connectivity index (χ1n) is 15.4. The molecule has 2 aromatic carbocycles. The number of piperidine rings is 1. The van der Waals surface area contributed by atoms with Gasteiger partial charge < -0.3 is 19.5 Å². The Balaban J connectivity index is 1.36. The molecule has 10 heteroatoms. The summed E-state index contributed by atoms with van der Waals surface area (Å²) in [6, 6.07) is 7.79. The minimum Gasteiger partial charge on any atom is -0.494 e. The van der Waals surface area contributed by atoms with E-state index in [9.17, 15) is 23.2 Å². The summed E-state index contributed by atoms with van der Waals surface area (Å²) in [4.78, 5) is 45.2. The van der Waals surface area contributed by atoms with E-state index in [-0.39, 0.29) is 40.4 Å². The van der Waals surface area contributed by atoms with E-state index in [0.717, 1.165) is 37.7 Å². The number of ether oxygens (including phenoxy) is 1. The fraction of sp³-hybridized carbons (Fsp3) is 0.429. The molecule has 0 atom stereocenters. The molecule has 1 aromatic heterocycles. The van der Waals surface area contributed by atoms with Crippen LogP contribution in [-0.4, -0.2) is 52.2 Å². The zero-order chi connectivity index (χ0) is 32.5. The number of terminal acetylenes is 1. The molecule has 45 heavy (non-hydrogen) atoms. The third kappa shape index (κ3) is 7.77. The predicted octanol–water partition coefficient (Wildman–Crippen LogP) is 6.58. The number of methoxy groups -OCH3 is 1. The molecule has 1 N–H and O–H groups in total. The Morgan fingerprint density at radius 2 is 1.80 bits per heavy atom. The normalized spacial score (nSPS) is 13.4. The van der Waals surface area contributed by atoms with Gasteiger partial charge in [0.2, 0.25) is 5.82 Å². The number of benzene rings is 2. The molecule has 3 aromatic rings. The van der Waals surface area contributed by atoms with E-state index in [1.165, 1.54) is 37.1 Å². The van der Waals surface area contributed by atoms with Gasteiger partial charge in [0.15, 0.2) is 17.4 Å². The molecule has 1 saturated heterocycles. The smallest absolute Gasteiger partial charge is 0.291 e. The second kappa shape index (κ2) is 15.5. The molecule has 0 bridgehead atoms. The van der Waals surface area contributed by atoms with E-state index >= 15 is 0 Å². The minimum absolute atomic E-state index is 0.000130. The van der Waals surface area contributed by atoms with Crippen LogP contribution >= 0.6 is 0 Å². The van der Waals surface area contributed by atoms with Crippen molar-refractivity contribution in [2.45, 2.75) is 64.7 Å². The molecular formula is C35H40F2N4O4. The van der Waals surface area contributed by atoms with E-state index in [1.807, 2.05) is 6.92 Å². The van der Waals surface area contributed by atoms with Crippen LogP contribution < -0.4 is 10.1 Å². The molecule has 2 amide bonds. The summed E-state index contributed by atoms with van der Waals surface area (Å²) in [5.74, 6) is -0.161. The number of imidazole rings is 1. The Labute approximate surface area is 263 Å². The van der Waals surface area contributed by atoms with Crippen molar-refractivity contribution < 1.29 is 27.9 Å². The van der Waals surface area contributed by atoms with Crippen LogP contribution in [0.5, 0.6) is 5.75 Å². The number of nitrogens with one attached hydrogen (secondary N) is 1. The highest BCUT2D eigenvalue weighted by atomic mass is 19.2. The number of carbonyl (C=O) groups is 3. The number of Topliss-reactive ketones (excluding diaryl/α,β-unsaturated/α-hetero) is 1. The highest BCUT2D eigenvalue weighted by Crippen LogP contribution is 2.30. The van der Waals surface area contributed by atoms with Crippen molar-refractivity contribution in [3.63, 3.8) is 0 Å². The lowest BCUT2D eigenvalue weighted by atomic mass is 9.89. The molecule has 1 fully saturated rings. The summed E-state index contributed by atoms with van der Waals surface area (Å²) in [7, 11) is 2.79. The summed E-state index contributed by atoms with van der Waals surface area (Å²) >= 11 is 0. The van der Waals surface area contributed by atoms with Crippen molar-refractivity contribution in [1.29, 1.82) is 0 Å². The summed E-state index contributed by atoms with van der Waals surface area (Å²) in [6.45, 7) is 2.99. The van der Waals surface area contributed by atoms with Crippen molar-refractivity contribution in [3.05, 3.63) is 65.1 Å². The molecule has 238 valence electrons. The molecule has 2 heterocycles. The van der Waals surface area contributed by atoms with Gasteiger partial charge in [-0.15, -0.1) is 12.3 Å². The number of aromatic nitrogens is 2. The van der Waals surface area contributed by atoms with Gasteiger partial charge in [0.05, 0.1) is 19.0 Å². The van der Waals surface area contributed by atoms with Crippen LogP contribution in [0.3, 0.4) is 0 Å². The summed E-state index contributed by atoms with van der Waals surface area (Å²) in [5, 5.41) is 2.80. The van der Waals surface area contributed by atoms with Crippen molar-refractivity contribution in [2.75, 3.05) is 25.5 Å². The first kappa shape index (κ1) is 33.4. The molecule has 0 spiro atoms. The summed E-state index contributed by atoms with van der Waals surface area (Å²) in [6.07, 6.45) is 13.8. The van der Waals surface area contributed by atoms with Crippen LogP contribution in [0.15, 0.2) is 36.5 Å². The number of rotatable bonds is 13. The number of amides is 2. The van der Waals surface area contributed by atoms with Crippen molar-refractivity contribution >= 4 is 23.3 Å². The lowest BCUT2D eigenvalue weighted by Crippen LogP contribution is -2.40. The Morgan fingerprint density at radius 3 is 2.49 bits per heavy atom. The maximum absolute atomic E-state index is 14.7. The number of halogens is 2.